The van der Waals surface area contributed by atoms with Gasteiger partial charge in [0.2, 0.25) is 0 Å². The molecule has 0 saturated heterocycles. The van der Waals surface area contributed by atoms with Crippen molar-refractivity contribution in [1.29, 1.82) is 0 Å². The Morgan fingerprint density at radius 2 is 2.00 bits per heavy atom. The Hall–Kier alpha value is -0.900. The molecule has 1 nitrogen and oxygen atoms in total. The van der Waals surface area contributed by atoms with Crippen molar-refractivity contribution in [2.24, 2.45) is 7.05 Å². The van der Waals surface area contributed by atoms with Gasteiger partial charge in [0.1, 0.15) is 0 Å². The minimum atomic E-state index is -2.81. The highest BCUT2D eigenvalue weighted by Crippen LogP contribution is 2.36. The van der Waals surface area contributed by atoms with E-state index in [1.807, 2.05) is 6.07 Å². The van der Waals surface area contributed by atoms with Gasteiger partial charge in [-0.25, -0.2) is 8.78 Å². The molecule has 0 N–H and O–H groups in total. The van der Waals surface area contributed by atoms with Gasteiger partial charge in [-0.2, -0.15) is 0 Å². The van der Waals surface area contributed by atoms with E-state index in [1.54, 1.807) is 23.7 Å². The summed E-state index contributed by atoms with van der Waals surface area (Å²) in [5, 5.41) is 0.597. The first kappa shape index (κ1) is 10.6. The minimum absolute atomic E-state index is 0.0706. The average molecular weight is 274 g/mol. The number of hydrogen-bond donors (Lipinski definition) is 0. The molecular weight excluding hydrogens is 264 g/mol. The van der Waals surface area contributed by atoms with Gasteiger partial charge >= 0.3 is 0 Å². The van der Waals surface area contributed by atoms with Crippen LogP contribution in [0, 0.1) is 0 Å². The van der Waals surface area contributed by atoms with Crippen LogP contribution in [0.15, 0.2) is 28.9 Å². The quantitative estimate of drug-likeness (QED) is 0.739. The summed E-state index contributed by atoms with van der Waals surface area (Å²) in [7, 11) is 1.77. The Morgan fingerprint density at radius 1 is 1.33 bits per heavy atom. The van der Waals surface area contributed by atoms with Crippen LogP contribution >= 0.6 is 15.9 Å². The van der Waals surface area contributed by atoms with Crippen LogP contribution in [-0.2, 0) is 13.0 Å². The first-order chi connectivity index (χ1) is 6.91. The molecule has 0 fully saturated rings. The number of rotatable bonds is 1. The Labute approximate surface area is 94.8 Å². The highest BCUT2D eigenvalue weighted by atomic mass is 79.9. The normalized spacial score (nSPS) is 12.3. The molecule has 0 aliphatic heterocycles. The number of benzene rings is 1. The molecule has 4 heteroatoms. The zero-order valence-corrected chi connectivity index (χ0v) is 9.98. The average Bonchev–Trinajstić information content (AvgIpc) is 2.44. The number of para-hydroxylation sites is 1. The fraction of sp³-hybridized carbons (Fsp3) is 0.273. The van der Waals surface area contributed by atoms with Gasteiger partial charge in [-0.3, -0.25) is 0 Å². The summed E-state index contributed by atoms with van der Waals surface area (Å²) < 4.78 is 29.1. The lowest BCUT2D eigenvalue weighted by atomic mass is 10.1. The minimum Gasteiger partial charge on any atom is -0.349 e. The molecule has 0 atom stereocenters. The maximum absolute atomic E-state index is 13.3. The molecule has 0 spiro atoms. The molecule has 0 amide bonds. The van der Waals surface area contributed by atoms with Crippen LogP contribution in [0.1, 0.15) is 12.5 Å². The van der Waals surface area contributed by atoms with Crippen LogP contribution in [-0.4, -0.2) is 4.57 Å². The summed E-state index contributed by atoms with van der Waals surface area (Å²) in [6.07, 6.45) is 1.48. The molecule has 80 valence electrons. The van der Waals surface area contributed by atoms with E-state index >= 15 is 0 Å². The summed E-state index contributed by atoms with van der Waals surface area (Å²) in [5.74, 6) is -2.81. The summed E-state index contributed by atoms with van der Waals surface area (Å²) >= 11 is 3.36. The van der Waals surface area contributed by atoms with E-state index < -0.39 is 5.92 Å². The van der Waals surface area contributed by atoms with Crippen molar-refractivity contribution in [2.45, 2.75) is 12.8 Å². The molecule has 0 unspecified atom stereocenters. The Balaban J connectivity index is 2.85. The van der Waals surface area contributed by atoms with Crippen LogP contribution in [0.4, 0.5) is 8.78 Å². The predicted octanol–water partition coefficient (Wildman–Crippen LogP) is 4.05. The summed E-state index contributed by atoms with van der Waals surface area (Å²) in [6.45, 7) is 0.919. The van der Waals surface area contributed by atoms with Gasteiger partial charge in [0.05, 0.1) is 5.52 Å². The monoisotopic (exact) mass is 273 g/mol. The molecule has 1 aromatic carbocycles. The Kier molecular flexibility index (Phi) is 2.34. The van der Waals surface area contributed by atoms with Crippen molar-refractivity contribution in [3.63, 3.8) is 0 Å². The molecule has 15 heavy (non-hydrogen) atoms. The van der Waals surface area contributed by atoms with Crippen molar-refractivity contribution in [2.75, 3.05) is 0 Å². The topological polar surface area (TPSA) is 4.93 Å². The molecular formula is C11H10BrF2N. The van der Waals surface area contributed by atoms with Gasteiger partial charge in [-0.1, -0.05) is 12.1 Å². The van der Waals surface area contributed by atoms with Crippen LogP contribution < -0.4 is 0 Å². The van der Waals surface area contributed by atoms with E-state index in [-0.39, 0.29) is 5.56 Å². The van der Waals surface area contributed by atoms with Gasteiger partial charge < -0.3 is 4.57 Å². The van der Waals surface area contributed by atoms with Gasteiger partial charge in [0, 0.05) is 35.6 Å². The van der Waals surface area contributed by atoms with Crippen LogP contribution in [0.2, 0.25) is 0 Å². The molecule has 0 aliphatic carbocycles. The maximum atomic E-state index is 13.3. The first-order valence-electron chi connectivity index (χ1n) is 4.53. The molecule has 0 aliphatic rings. The number of hydrogen-bond acceptors (Lipinski definition) is 0. The van der Waals surface area contributed by atoms with Gasteiger partial charge in [0.15, 0.2) is 0 Å². The number of alkyl halides is 2. The smallest absolute Gasteiger partial charge is 0.272 e. The van der Waals surface area contributed by atoms with Crippen LogP contribution in [0.25, 0.3) is 10.9 Å². The van der Waals surface area contributed by atoms with E-state index in [1.165, 1.54) is 6.20 Å². The fourth-order valence-electron chi connectivity index (χ4n) is 1.77. The van der Waals surface area contributed by atoms with Crippen molar-refractivity contribution in [3.8, 4) is 0 Å². The third kappa shape index (κ3) is 1.67. The molecule has 2 rings (SSSR count). The van der Waals surface area contributed by atoms with Gasteiger partial charge in [0.25, 0.3) is 5.92 Å². The van der Waals surface area contributed by atoms with Crippen LogP contribution in [0.3, 0.4) is 0 Å². The van der Waals surface area contributed by atoms with Crippen molar-refractivity contribution >= 4 is 26.8 Å². The lowest BCUT2D eigenvalue weighted by Crippen LogP contribution is -2.05. The molecule has 2 aromatic rings. The SMILES string of the molecule is Cn1cc(C(C)(F)F)c2cccc(Br)c21. The fourth-order valence-corrected chi connectivity index (χ4v) is 2.41. The second-order valence-electron chi connectivity index (χ2n) is 3.68. The third-order valence-electron chi connectivity index (χ3n) is 2.43. The first-order valence-corrected chi connectivity index (χ1v) is 5.32. The molecule has 0 bridgehead atoms. The van der Waals surface area contributed by atoms with Gasteiger partial charge in [-0.05, 0) is 22.0 Å². The summed E-state index contributed by atoms with van der Waals surface area (Å²) in [4.78, 5) is 0. The van der Waals surface area contributed by atoms with E-state index in [0.717, 1.165) is 16.9 Å². The number of halogens is 3. The lowest BCUT2D eigenvalue weighted by molar-refractivity contribution is 0.0189. The van der Waals surface area contributed by atoms with Crippen molar-refractivity contribution in [3.05, 3.63) is 34.4 Å². The Bertz CT molecular complexity index is 511. The number of nitrogens with zero attached hydrogens (tertiary/aromatic N) is 1. The number of aromatic nitrogens is 1. The van der Waals surface area contributed by atoms with E-state index in [9.17, 15) is 8.78 Å². The summed E-state index contributed by atoms with van der Waals surface area (Å²) in [5.41, 5.74) is 0.871. The predicted molar refractivity (Wildman–Crippen MR) is 60.2 cm³/mol. The molecule has 1 aromatic heterocycles. The standard InChI is InChI=1S/C11H10BrF2N/c1-11(13,14)8-6-15(2)10-7(8)4-3-5-9(10)12/h3-6H,1-2H3. The third-order valence-corrected chi connectivity index (χ3v) is 3.07. The van der Waals surface area contributed by atoms with E-state index in [2.05, 4.69) is 15.9 Å². The zero-order chi connectivity index (χ0) is 11.2. The highest BCUT2D eigenvalue weighted by Gasteiger charge is 2.28. The highest BCUT2D eigenvalue weighted by molar-refractivity contribution is 9.10. The van der Waals surface area contributed by atoms with Crippen LogP contribution in [0.5, 0.6) is 0 Å². The molecule has 1 heterocycles. The molecule has 0 saturated carbocycles. The number of aryl methyl sites for hydroxylation is 1. The van der Waals surface area contributed by atoms with Crippen molar-refractivity contribution in [1.82, 2.24) is 4.57 Å². The van der Waals surface area contributed by atoms with Crippen molar-refractivity contribution < 1.29 is 8.78 Å². The lowest BCUT2D eigenvalue weighted by Gasteiger charge is -2.08. The summed E-state index contributed by atoms with van der Waals surface area (Å²) in [6, 6.07) is 5.33. The second kappa shape index (κ2) is 3.30. The number of fused-ring (bicyclic) bond motifs is 1. The van der Waals surface area contributed by atoms with E-state index in [4.69, 9.17) is 0 Å². The second-order valence-corrected chi connectivity index (χ2v) is 4.53. The maximum Gasteiger partial charge on any atom is 0.272 e. The zero-order valence-electron chi connectivity index (χ0n) is 8.39. The molecule has 0 radical (unpaired) electrons. The van der Waals surface area contributed by atoms with E-state index in [0.29, 0.717) is 5.39 Å². The Morgan fingerprint density at radius 3 is 2.60 bits per heavy atom. The van der Waals surface area contributed by atoms with Gasteiger partial charge in [-0.15, -0.1) is 0 Å². The largest absolute Gasteiger partial charge is 0.349 e.